The first kappa shape index (κ1) is 22.3. The molecule has 2 aromatic heterocycles. The van der Waals surface area contributed by atoms with Crippen molar-refractivity contribution in [2.75, 3.05) is 20.3 Å². The van der Waals surface area contributed by atoms with Gasteiger partial charge in [0, 0.05) is 41.2 Å². The van der Waals surface area contributed by atoms with Crippen molar-refractivity contribution in [1.29, 1.82) is 5.26 Å². The van der Waals surface area contributed by atoms with Crippen molar-refractivity contribution in [2.45, 2.75) is 0 Å². The van der Waals surface area contributed by atoms with Gasteiger partial charge in [-0.2, -0.15) is 5.26 Å². The van der Waals surface area contributed by atoms with Crippen LogP contribution in [0.4, 0.5) is 0 Å². The van der Waals surface area contributed by atoms with Crippen LogP contribution in [0.15, 0.2) is 84.0 Å². The number of halogens is 1. The first-order chi connectivity index (χ1) is 16.1. The Morgan fingerprint density at radius 1 is 1.03 bits per heavy atom. The number of hydrogen-bond acceptors (Lipinski definition) is 5. The van der Waals surface area contributed by atoms with Crippen molar-refractivity contribution in [3.05, 3.63) is 100 Å². The van der Waals surface area contributed by atoms with Crippen LogP contribution in [-0.4, -0.2) is 29.9 Å². The number of benzene rings is 2. The lowest BCUT2D eigenvalue weighted by atomic mass is 9.98. The molecule has 0 saturated carbocycles. The molecular weight excluding hydrogens is 438 g/mol. The second-order valence-corrected chi connectivity index (χ2v) is 7.64. The van der Waals surface area contributed by atoms with E-state index in [1.165, 1.54) is 4.57 Å². The molecule has 2 aromatic carbocycles. The van der Waals surface area contributed by atoms with Gasteiger partial charge in [0.2, 0.25) is 0 Å². The maximum Gasteiger partial charge on any atom is 0.263 e. The molecule has 164 valence electrons. The van der Waals surface area contributed by atoms with Crippen LogP contribution in [0.25, 0.3) is 27.9 Å². The van der Waals surface area contributed by atoms with Crippen LogP contribution in [0.2, 0.25) is 5.02 Å². The molecule has 0 N–H and O–H groups in total. The Labute approximate surface area is 196 Å². The number of methoxy groups -OCH3 is 1. The van der Waals surface area contributed by atoms with Gasteiger partial charge >= 0.3 is 0 Å². The van der Waals surface area contributed by atoms with Gasteiger partial charge in [-0.1, -0.05) is 29.8 Å². The van der Waals surface area contributed by atoms with Crippen molar-refractivity contribution in [2.24, 2.45) is 0 Å². The van der Waals surface area contributed by atoms with Gasteiger partial charge in [-0.05, 0) is 48.0 Å². The summed E-state index contributed by atoms with van der Waals surface area (Å²) in [5.41, 5.74) is 3.33. The highest BCUT2D eigenvalue weighted by molar-refractivity contribution is 6.31. The zero-order valence-electron chi connectivity index (χ0n) is 17.9. The topological polar surface area (TPSA) is 77.1 Å². The highest BCUT2D eigenvalue weighted by Crippen LogP contribution is 2.31. The Balaban J connectivity index is 1.94. The Kier molecular flexibility index (Phi) is 6.84. The molecule has 0 atom stereocenters. The normalized spacial score (nSPS) is 10.6. The third kappa shape index (κ3) is 4.96. The van der Waals surface area contributed by atoms with Crippen LogP contribution in [0, 0.1) is 11.3 Å². The molecule has 0 saturated heterocycles. The summed E-state index contributed by atoms with van der Waals surface area (Å²) in [7, 11) is 1.60. The number of rotatable bonds is 7. The van der Waals surface area contributed by atoms with Gasteiger partial charge in [0.1, 0.15) is 12.4 Å². The fourth-order valence-corrected chi connectivity index (χ4v) is 3.73. The minimum absolute atomic E-state index is 0.244. The summed E-state index contributed by atoms with van der Waals surface area (Å²) in [6.45, 7) is 0.780. The van der Waals surface area contributed by atoms with E-state index in [2.05, 4.69) is 11.1 Å². The Morgan fingerprint density at radius 2 is 1.88 bits per heavy atom. The van der Waals surface area contributed by atoms with E-state index < -0.39 is 0 Å². The summed E-state index contributed by atoms with van der Waals surface area (Å²) in [5.74, 6) is 0.532. The predicted molar refractivity (Wildman–Crippen MR) is 128 cm³/mol. The molecule has 33 heavy (non-hydrogen) atoms. The summed E-state index contributed by atoms with van der Waals surface area (Å²) in [4.78, 5) is 17.7. The SMILES string of the molecule is COCCOc1cc(Cl)cc(-c2cc(-c3ccccc3C#N)cn(-c3cccnc3)c2=O)c1. The molecule has 0 aliphatic heterocycles. The maximum atomic E-state index is 13.6. The number of nitrogens with zero attached hydrogens (tertiary/aromatic N) is 3. The number of hydrogen-bond donors (Lipinski definition) is 0. The Morgan fingerprint density at radius 3 is 2.64 bits per heavy atom. The average molecular weight is 458 g/mol. The zero-order valence-corrected chi connectivity index (χ0v) is 18.6. The van der Waals surface area contributed by atoms with Crippen molar-refractivity contribution in [3.8, 4) is 39.8 Å². The second-order valence-electron chi connectivity index (χ2n) is 7.20. The van der Waals surface area contributed by atoms with Crippen LogP contribution in [0.1, 0.15) is 5.56 Å². The zero-order chi connectivity index (χ0) is 23.2. The monoisotopic (exact) mass is 457 g/mol. The van der Waals surface area contributed by atoms with Crippen molar-refractivity contribution in [1.82, 2.24) is 9.55 Å². The lowest BCUT2D eigenvalue weighted by Gasteiger charge is -2.14. The van der Waals surface area contributed by atoms with Gasteiger partial charge in [0.15, 0.2) is 0 Å². The smallest absolute Gasteiger partial charge is 0.263 e. The van der Waals surface area contributed by atoms with Crippen LogP contribution in [0.3, 0.4) is 0 Å². The lowest BCUT2D eigenvalue weighted by Crippen LogP contribution is -2.20. The maximum absolute atomic E-state index is 13.6. The molecule has 2 heterocycles. The predicted octanol–water partition coefficient (Wildman–Crippen LogP) is 5.12. The molecule has 0 radical (unpaired) electrons. The van der Waals surface area contributed by atoms with E-state index in [9.17, 15) is 10.1 Å². The summed E-state index contributed by atoms with van der Waals surface area (Å²) in [6, 6.07) is 20.0. The summed E-state index contributed by atoms with van der Waals surface area (Å²) < 4.78 is 12.3. The Hall–Kier alpha value is -3.92. The molecule has 0 spiro atoms. The minimum Gasteiger partial charge on any atom is -0.491 e. The van der Waals surface area contributed by atoms with Crippen LogP contribution < -0.4 is 10.3 Å². The van der Waals surface area contributed by atoms with E-state index in [4.69, 9.17) is 21.1 Å². The van der Waals surface area contributed by atoms with Crippen LogP contribution >= 0.6 is 11.6 Å². The van der Waals surface area contributed by atoms with Gasteiger partial charge in [0.05, 0.1) is 30.1 Å². The quantitative estimate of drug-likeness (QED) is 0.360. The summed E-state index contributed by atoms with van der Waals surface area (Å²) >= 11 is 6.35. The molecule has 4 rings (SSSR count). The fraction of sp³-hybridized carbons (Fsp3) is 0.115. The van der Waals surface area contributed by atoms with Crippen molar-refractivity contribution in [3.63, 3.8) is 0 Å². The molecular formula is C26H20ClN3O3. The van der Waals surface area contributed by atoms with E-state index in [0.717, 1.165) is 5.56 Å². The van der Waals surface area contributed by atoms with Crippen molar-refractivity contribution >= 4 is 11.6 Å². The largest absolute Gasteiger partial charge is 0.491 e. The minimum atomic E-state index is -0.244. The molecule has 7 heteroatoms. The van der Waals surface area contributed by atoms with Crippen LogP contribution in [-0.2, 0) is 4.74 Å². The van der Waals surface area contributed by atoms with Crippen LogP contribution in [0.5, 0.6) is 5.75 Å². The average Bonchev–Trinajstić information content (AvgIpc) is 2.84. The van der Waals surface area contributed by atoms with E-state index in [1.807, 2.05) is 12.1 Å². The van der Waals surface area contributed by atoms with E-state index in [1.54, 1.807) is 74.2 Å². The van der Waals surface area contributed by atoms with Gasteiger partial charge in [-0.3, -0.25) is 14.3 Å². The van der Waals surface area contributed by atoms with Gasteiger partial charge in [-0.25, -0.2) is 0 Å². The molecule has 0 fully saturated rings. The van der Waals surface area contributed by atoms with Crippen molar-refractivity contribution < 1.29 is 9.47 Å². The number of aromatic nitrogens is 2. The Bertz CT molecular complexity index is 1380. The number of nitriles is 1. The lowest BCUT2D eigenvalue weighted by molar-refractivity contribution is 0.146. The highest BCUT2D eigenvalue weighted by Gasteiger charge is 2.15. The highest BCUT2D eigenvalue weighted by atomic mass is 35.5. The molecule has 0 unspecified atom stereocenters. The van der Waals surface area contributed by atoms with E-state index in [0.29, 0.717) is 51.9 Å². The third-order valence-corrected chi connectivity index (χ3v) is 5.26. The molecule has 6 nitrogen and oxygen atoms in total. The first-order valence-corrected chi connectivity index (χ1v) is 10.6. The number of ether oxygens (including phenoxy) is 2. The van der Waals surface area contributed by atoms with E-state index >= 15 is 0 Å². The fourth-order valence-electron chi connectivity index (χ4n) is 3.50. The standard InChI is InChI=1S/C26H20ClN3O3/c1-32-9-10-33-23-12-19(11-21(27)14-23)25-13-20(24-7-3-2-5-18(24)15-28)17-30(26(25)31)22-6-4-8-29-16-22/h2-8,11-14,16-17H,9-10H2,1H3. The molecule has 4 aromatic rings. The second kappa shape index (κ2) is 10.1. The van der Waals surface area contributed by atoms with Gasteiger partial charge in [-0.15, -0.1) is 0 Å². The van der Waals surface area contributed by atoms with Gasteiger partial charge < -0.3 is 9.47 Å². The molecule has 0 aliphatic carbocycles. The summed E-state index contributed by atoms with van der Waals surface area (Å²) in [6.07, 6.45) is 4.98. The van der Waals surface area contributed by atoms with E-state index in [-0.39, 0.29) is 5.56 Å². The number of pyridine rings is 2. The first-order valence-electron chi connectivity index (χ1n) is 10.2. The van der Waals surface area contributed by atoms with Gasteiger partial charge in [0.25, 0.3) is 5.56 Å². The summed E-state index contributed by atoms with van der Waals surface area (Å²) in [5, 5.41) is 10.0. The molecule has 0 amide bonds. The molecule has 0 bridgehead atoms. The third-order valence-electron chi connectivity index (χ3n) is 5.04. The molecule has 0 aliphatic rings.